The van der Waals surface area contributed by atoms with Crippen LogP contribution >= 0.6 is 0 Å². The highest BCUT2D eigenvalue weighted by Crippen LogP contribution is 2.21. The molecule has 4 rings (SSSR count). The Hall–Kier alpha value is -2.96. The molecule has 24 heavy (non-hydrogen) atoms. The molecule has 1 amide bonds. The van der Waals surface area contributed by atoms with Crippen LogP contribution in [-0.4, -0.2) is 43.1 Å². The van der Waals surface area contributed by atoms with Gasteiger partial charge in [-0.05, 0) is 31.0 Å². The summed E-state index contributed by atoms with van der Waals surface area (Å²) in [6.07, 6.45) is 8.52. The number of carbonyl (C=O) groups excluding carboxylic acids is 1. The fourth-order valence-corrected chi connectivity index (χ4v) is 3.20. The van der Waals surface area contributed by atoms with Gasteiger partial charge in [0.15, 0.2) is 0 Å². The lowest BCUT2D eigenvalue weighted by atomic mass is 10.1. The summed E-state index contributed by atoms with van der Waals surface area (Å²) < 4.78 is 3.28. The van der Waals surface area contributed by atoms with Crippen molar-refractivity contribution in [1.82, 2.24) is 24.1 Å². The summed E-state index contributed by atoms with van der Waals surface area (Å²) in [4.78, 5) is 31.4. The summed E-state index contributed by atoms with van der Waals surface area (Å²) >= 11 is 0. The Morgan fingerprint density at radius 2 is 2.12 bits per heavy atom. The maximum absolute atomic E-state index is 12.8. The Morgan fingerprint density at radius 3 is 2.96 bits per heavy atom. The zero-order valence-corrected chi connectivity index (χ0v) is 13.1. The lowest BCUT2D eigenvalue weighted by Crippen LogP contribution is -2.43. The molecule has 3 aromatic rings. The second-order valence-electron chi connectivity index (χ2n) is 5.94. The number of rotatable bonds is 2. The molecule has 1 aliphatic heterocycles. The number of pyridine rings is 1. The summed E-state index contributed by atoms with van der Waals surface area (Å²) in [5.74, 6) is -0.261. The summed E-state index contributed by atoms with van der Waals surface area (Å²) in [6.45, 7) is 1.20. The average Bonchev–Trinajstić information content (AvgIpc) is 3.17. The highest BCUT2D eigenvalue weighted by atomic mass is 16.2. The number of carbonyl (C=O) groups is 1. The zero-order valence-electron chi connectivity index (χ0n) is 13.1. The van der Waals surface area contributed by atoms with Crippen LogP contribution in [0.15, 0.2) is 53.8 Å². The maximum Gasteiger partial charge on any atom is 0.270 e. The number of aromatic nitrogens is 4. The minimum atomic E-state index is -0.327. The first kappa shape index (κ1) is 14.6. The molecule has 1 fully saturated rings. The molecular formula is C17H17N5O2. The molecule has 0 aromatic carbocycles. The lowest BCUT2D eigenvalue weighted by Gasteiger charge is -2.32. The van der Waals surface area contributed by atoms with Gasteiger partial charge >= 0.3 is 0 Å². The second kappa shape index (κ2) is 5.92. The second-order valence-corrected chi connectivity index (χ2v) is 5.94. The minimum Gasteiger partial charge on any atom is -0.336 e. The van der Waals surface area contributed by atoms with Crippen molar-refractivity contribution in [2.24, 2.45) is 0 Å². The SMILES string of the molecule is O=C(c1cnc2ccccn2c1=O)N1CCC[C@@H](n2cccn2)C1. The van der Waals surface area contributed by atoms with Gasteiger partial charge in [0.05, 0.1) is 6.04 Å². The molecule has 0 aliphatic carbocycles. The van der Waals surface area contributed by atoms with E-state index in [4.69, 9.17) is 0 Å². The van der Waals surface area contributed by atoms with Gasteiger partial charge in [-0.3, -0.25) is 18.7 Å². The van der Waals surface area contributed by atoms with Crippen LogP contribution in [0, 0.1) is 0 Å². The molecule has 1 atom stereocenters. The van der Waals surface area contributed by atoms with Gasteiger partial charge in [0.2, 0.25) is 0 Å². The number of hydrogen-bond donors (Lipinski definition) is 0. The normalized spacial score (nSPS) is 18.0. The van der Waals surface area contributed by atoms with Gasteiger partial charge in [0.1, 0.15) is 11.2 Å². The van der Waals surface area contributed by atoms with Gasteiger partial charge in [-0.2, -0.15) is 5.10 Å². The average molecular weight is 323 g/mol. The number of nitrogens with zero attached hydrogens (tertiary/aromatic N) is 5. The summed E-state index contributed by atoms with van der Waals surface area (Å²) in [6, 6.07) is 7.32. The fraction of sp³-hybridized carbons (Fsp3) is 0.294. The first-order valence-corrected chi connectivity index (χ1v) is 7.99. The maximum atomic E-state index is 12.8. The first-order valence-electron chi connectivity index (χ1n) is 7.99. The lowest BCUT2D eigenvalue weighted by molar-refractivity contribution is 0.0670. The number of hydrogen-bond acceptors (Lipinski definition) is 4. The van der Waals surface area contributed by atoms with Crippen molar-refractivity contribution in [3.05, 3.63) is 65.0 Å². The molecular weight excluding hydrogens is 306 g/mol. The third kappa shape index (κ3) is 2.47. The molecule has 0 spiro atoms. The molecule has 1 aliphatic rings. The Kier molecular flexibility index (Phi) is 3.60. The van der Waals surface area contributed by atoms with Crippen molar-refractivity contribution in [3.8, 4) is 0 Å². The van der Waals surface area contributed by atoms with Gasteiger partial charge in [-0.25, -0.2) is 4.98 Å². The fourth-order valence-electron chi connectivity index (χ4n) is 3.20. The van der Waals surface area contributed by atoms with Crippen molar-refractivity contribution < 1.29 is 4.79 Å². The van der Waals surface area contributed by atoms with Crippen LogP contribution in [0.1, 0.15) is 29.2 Å². The molecule has 1 saturated heterocycles. The van der Waals surface area contributed by atoms with Gasteiger partial charge < -0.3 is 4.90 Å². The summed E-state index contributed by atoms with van der Waals surface area (Å²) in [7, 11) is 0. The van der Waals surface area contributed by atoms with Crippen molar-refractivity contribution in [2.75, 3.05) is 13.1 Å². The van der Waals surface area contributed by atoms with E-state index in [1.165, 1.54) is 10.6 Å². The number of fused-ring (bicyclic) bond motifs is 1. The van der Waals surface area contributed by atoms with E-state index in [1.54, 1.807) is 29.4 Å². The Labute approximate surface area is 138 Å². The van der Waals surface area contributed by atoms with Gasteiger partial charge in [0.25, 0.3) is 11.5 Å². The zero-order chi connectivity index (χ0) is 16.5. The standard InChI is InChI=1S/C17H17N5O2/c23-16(14-11-18-15-6-1-2-9-21(15)17(14)24)20-8-3-5-13(12-20)22-10-4-7-19-22/h1-2,4,6-7,9-11,13H,3,5,8,12H2/t13-/m1/s1. The molecule has 0 N–H and O–H groups in total. The topological polar surface area (TPSA) is 72.5 Å². The van der Waals surface area contributed by atoms with Crippen LogP contribution in [0.2, 0.25) is 0 Å². The summed E-state index contributed by atoms with van der Waals surface area (Å²) in [5, 5.41) is 4.27. The highest BCUT2D eigenvalue weighted by Gasteiger charge is 2.27. The Morgan fingerprint density at radius 1 is 1.21 bits per heavy atom. The largest absolute Gasteiger partial charge is 0.336 e. The van der Waals surface area contributed by atoms with E-state index in [2.05, 4.69) is 10.1 Å². The van der Waals surface area contributed by atoms with Crippen molar-refractivity contribution in [3.63, 3.8) is 0 Å². The number of amides is 1. The smallest absolute Gasteiger partial charge is 0.270 e. The van der Waals surface area contributed by atoms with Gasteiger partial charge in [0, 0.05) is 37.9 Å². The monoisotopic (exact) mass is 323 g/mol. The molecule has 7 nitrogen and oxygen atoms in total. The van der Waals surface area contributed by atoms with E-state index >= 15 is 0 Å². The van der Waals surface area contributed by atoms with Gasteiger partial charge in [-0.15, -0.1) is 0 Å². The molecule has 122 valence electrons. The number of likely N-dealkylation sites (tertiary alicyclic amines) is 1. The van der Waals surface area contributed by atoms with Crippen LogP contribution in [-0.2, 0) is 0 Å². The van der Waals surface area contributed by atoms with Crippen molar-refractivity contribution >= 4 is 11.6 Å². The molecule has 0 unspecified atom stereocenters. The predicted octanol–water partition coefficient (Wildman–Crippen LogP) is 1.37. The van der Waals surface area contributed by atoms with Gasteiger partial charge in [-0.1, -0.05) is 6.07 Å². The van der Waals surface area contributed by atoms with Crippen LogP contribution in [0.3, 0.4) is 0 Å². The van der Waals surface area contributed by atoms with E-state index in [0.29, 0.717) is 18.7 Å². The first-order chi connectivity index (χ1) is 11.7. The molecule has 3 aromatic heterocycles. The molecule has 0 saturated carbocycles. The van der Waals surface area contributed by atoms with Crippen molar-refractivity contribution in [1.29, 1.82) is 0 Å². The predicted molar refractivity (Wildman–Crippen MR) is 87.9 cm³/mol. The van der Waals surface area contributed by atoms with E-state index in [9.17, 15) is 9.59 Å². The van der Waals surface area contributed by atoms with E-state index in [-0.39, 0.29) is 23.1 Å². The van der Waals surface area contributed by atoms with E-state index < -0.39 is 0 Å². The van der Waals surface area contributed by atoms with Crippen LogP contribution in [0.5, 0.6) is 0 Å². The van der Waals surface area contributed by atoms with Crippen LogP contribution in [0.25, 0.3) is 5.65 Å². The minimum absolute atomic E-state index is 0.111. The number of piperidine rings is 1. The summed E-state index contributed by atoms with van der Waals surface area (Å²) in [5.41, 5.74) is 0.318. The third-order valence-electron chi connectivity index (χ3n) is 4.43. The molecule has 0 bridgehead atoms. The van der Waals surface area contributed by atoms with E-state index in [1.807, 2.05) is 23.0 Å². The van der Waals surface area contributed by atoms with Crippen molar-refractivity contribution in [2.45, 2.75) is 18.9 Å². The third-order valence-corrected chi connectivity index (χ3v) is 4.43. The molecule has 7 heteroatoms. The quantitative estimate of drug-likeness (QED) is 0.714. The highest BCUT2D eigenvalue weighted by molar-refractivity contribution is 5.93. The Bertz CT molecular complexity index is 932. The Balaban J connectivity index is 1.64. The van der Waals surface area contributed by atoms with E-state index in [0.717, 1.165) is 12.8 Å². The molecule has 0 radical (unpaired) electrons. The van der Waals surface area contributed by atoms with Crippen LogP contribution in [0.4, 0.5) is 0 Å². The van der Waals surface area contributed by atoms with Crippen LogP contribution < -0.4 is 5.56 Å². The molecule has 4 heterocycles.